The second-order valence-electron chi connectivity index (χ2n) is 6.50. The summed E-state index contributed by atoms with van der Waals surface area (Å²) in [5, 5.41) is 0. The van der Waals surface area contributed by atoms with Crippen molar-refractivity contribution in [2.45, 2.75) is 84.5 Å². The van der Waals surface area contributed by atoms with Gasteiger partial charge in [0, 0.05) is 0 Å². The van der Waals surface area contributed by atoms with Crippen molar-refractivity contribution in [3.8, 4) is 0 Å². The van der Waals surface area contributed by atoms with E-state index in [1.54, 1.807) is 0 Å². The minimum Gasteiger partial charge on any atom is -0.302 e. The number of allylic oxidation sites excluding steroid dienone is 1. The Balaban J connectivity index is 3.53. The molecule has 1 heteroatoms. The predicted octanol–water partition coefficient (Wildman–Crippen LogP) is 5.91. The van der Waals surface area contributed by atoms with E-state index in [1.165, 1.54) is 77.2 Å². The molecule has 0 atom stereocenters. The van der Waals surface area contributed by atoms with Gasteiger partial charge in [-0.2, -0.15) is 0 Å². The highest BCUT2D eigenvalue weighted by Gasteiger charge is 2.09. The third-order valence-electron chi connectivity index (χ3n) is 3.82. The molecule has 0 radical (unpaired) electrons. The lowest BCUT2D eigenvalue weighted by Crippen LogP contribution is -2.34. The average Bonchev–Trinajstić information content (AvgIpc) is 2.38. The van der Waals surface area contributed by atoms with Crippen LogP contribution in [-0.4, -0.2) is 25.1 Å². The molecule has 0 saturated heterocycles. The molecule has 0 aliphatic rings. The van der Waals surface area contributed by atoms with Crippen LogP contribution >= 0.6 is 0 Å². The maximum Gasteiger partial charge on any atom is 0.0913 e. The van der Waals surface area contributed by atoms with Crippen LogP contribution in [0.2, 0.25) is 0 Å². The highest BCUT2D eigenvalue weighted by molar-refractivity contribution is 4.73. The van der Waals surface area contributed by atoms with Gasteiger partial charge in [0.25, 0.3) is 0 Å². The molecule has 0 saturated carbocycles. The Labute approximate surface area is 122 Å². The molecule has 0 aromatic carbocycles. The minimum absolute atomic E-state index is 1.06. The number of nitrogens with zero attached hydrogens (tertiary/aromatic N) is 1. The summed E-state index contributed by atoms with van der Waals surface area (Å²) in [4.78, 5) is 0. The van der Waals surface area contributed by atoms with E-state index in [2.05, 4.69) is 40.2 Å². The SMILES string of the molecule is CCCCCCC=C[N+](C)(C)CCCCCCCC. The zero-order valence-electron chi connectivity index (χ0n) is 14.1. The van der Waals surface area contributed by atoms with E-state index >= 15 is 0 Å². The summed E-state index contributed by atoms with van der Waals surface area (Å²) in [5.74, 6) is 0. The third kappa shape index (κ3) is 13.9. The maximum atomic E-state index is 2.40. The van der Waals surface area contributed by atoms with Crippen molar-refractivity contribution in [1.29, 1.82) is 0 Å². The third-order valence-corrected chi connectivity index (χ3v) is 3.82. The fourth-order valence-corrected chi connectivity index (χ4v) is 2.42. The molecule has 0 aliphatic carbocycles. The summed E-state index contributed by atoms with van der Waals surface area (Å²) in [6, 6.07) is 0. The Morgan fingerprint density at radius 2 is 1.21 bits per heavy atom. The Morgan fingerprint density at radius 3 is 1.84 bits per heavy atom. The van der Waals surface area contributed by atoms with Gasteiger partial charge < -0.3 is 4.48 Å². The molecule has 0 fully saturated rings. The lowest BCUT2D eigenvalue weighted by Gasteiger charge is -2.25. The molecule has 0 bridgehead atoms. The fraction of sp³-hybridized carbons (Fsp3) is 0.889. The van der Waals surface area contributed by atoms with Gasteiger partial charge in [0.1, 0.15) is 0 Å². The van der Waals surface area contributed by atoms with Gasteiger partial charge >= 0.3 is 0 Å². The van der Waals surface area contributed by atoms with Gasteiger partial charge in [-0.25, -0.2) is 0 Å². The van der Waals surface area contributed by atoms with Crippen LogP contribution in [0.15, 0.2) is 12.3 Å². The molecular formula is C18H38N+. The van der Waals surface area contributed by atoms with Crippen molar-refractivity contribution in [3.63, 3.8) is 0 Å². The van der Waals surface area contributed by atoms with Crippen LogP contribution in [0, 0.1) is 0 Å². The van der Waals surface area contributed by atoms with Gasteiger partial charge in [0.2, 0.25) is 0 Å². The molecule has 0 rings (SSSR count). The Kier molecular flexibility index (Phi) is 12.5. The van der Waals surface area contributed by atoms with Gasteiger partial charge in [0.15, 0.2) is 0 Å². The van der Waals surface area contributed by atoms with Crippen molar-refractivity contribution in [2.75, 3.05) is 20.6 Å². The fourth-order valence-electron chi connectivity index (χ4n) is 2.42. The quantitative estimate of drug-likeness (QED) is 0.288. The highest BCUT2D eigenvalue weighted by atomic mass is 15.3. The summed E-state index contributed by atoms with van der Waals surface area (Å²) >= 11 is 0. The van der Waals surface area contributed by atoms with Crippen LogP contribution in [0.5, 0.6) is 0 Å². The van der Waals surface area contributed by atoms with E-state index in [4.69, 9.17) is 0 Å². The first kappa shape index (κ1) is 18.7. The van der Waals surface area contributed by atoms with E-state index in [9.17, 15) is 0 Å². The van der Waals surface area contributed by atoms with Crippen molar-refractivity contribution in [2.24, 2.45) is 0 Å². The van der Waals surface area contributed by atoms with Crippen LogP contribution < -0.4 is 0 Å². The second-order valence-corrected chi connectivity index (χ2v) is 6.50. The molecular weight excluding hydrogens is 230 g/mol. The molecule has 0 amide bonds. The molecule has 0 aromatic heterocycles. The number of hydrogen-bond acceptors (Lipinski definition) is 0. The first-order valence-corrected chi connectivity index (χ1v) is 8.62. The first-order chi connectivity index (χ1) is 9.12. The van der Waals surface area contributed by atoms with Crippen molar-refractivity contribution in [3.05, 3.63) is 12.3 Å². The van der Waals surface area contributed by atoms with Gasteiger partial charge in [0.05, 0.1) is 26.8 Å². The molecule has 0 aliphatic heterocycles. The lowest BCUT2D eigenvalue weighted by atomic mass is 10.1. The Morgan fingerprint density at radius 1 is 0.684 bits per heavy atom. The number of unbranched alkanes of at least 4 members (excludes halogenated alkanes) is 9. The average molecular weight is 269 g/mol. The first-order valence-electron chi connectivity index (χ1n) is 8.62. The Bertz CT molecular complexity index is 206. The predicted molar refractivity (Wildman–Crippen MR) is 88.3 cm³/mol. The van der Waals surface area contributed by atoms with E-state index in [1.807, 2.05) is 0 Å². The van der Waals surface area contributed by atoms with Gasteiger partial charge in [-0.05, 0) is 31.8 Å². The Hall–Kier alpha value is -0.300. The number of rotatable bonds is 13. The molecule has 0 heterocycles. The molecule has 0 N–H and O–H groups in total. The van der Waals surface area contributed by atoms with Crippen LogP contribution in [0.3, 0.4) is 0 Å². The smallest absolute Gasteiger partial charge is 0.0913 e. The molecule has 0 unspecified atom stereocenters. The van der Waals surface area contributed by atoms with E-state index in [-0.39, 0.29) is 0 Å². The maximum absolute atomic E-state index is 2.40. The van der Waals surface area contributed by atoms with Gasteiger partial charge in [-0.1, -0.05) is 58.8 Å². The topological polar surface area (TPSA) is 0 Å². The molecule has 1 nitrogen and oxygen atoms in total. The van der Waals surface area contributed by atoms with Crippen LogP contribution in [0.4, 0.5) is 0 Å². The van der Waals surface area contributed by atoms with E-state index in [0.29, 0.717) is 0 Å². The number of quaternary nitrogens is 1. The standard InChI is InChI=1S/C18H38N/c1-5-7-9-11-13-15-17-19(3,4)18-16-14-12-10-8-6-2/h15,17H,5-14,16,18H2,1-4H3/q+1. The zero-order chi connectivity index (χ0) is 14.4. The van der Waals surface area contributed by atoms with Crippen LogP contribution in [0.25, 0.3) is 0 Å². The molecule has 114 valence electrons. The molecule has 0 spiro atoms. The largest absolute Gasteiger partial charge is 0.302 e. The molecule has 19 heavy (non-hydrogen) atoms. The summed E-state index contributed by atoms with van der Waals surface area (Å²) in [5.41, 5.74) is 0. The second kappa shape index (κ2) is 12.7. The summed E-state index contributed by atoms with van der Waals surface area (Å²) in [6.45, 7) is 5.85. The minimum atomic E-state index is 1.06. The molecule has 0 aromatic rings. The van der Waals surface area contributed by atoms with Crippen molar-refractivity contribution >= 4 is 0 Å². The van der Waals surface area contributed by atoms with E-state index < -0.39 is 0 Å². The van der Waals surface area contributed by atoms with Gasteiger partial charge in [-0.15, -0.1) is 0 Å². The van der Waals surface area contributed by atoms with E-state index in [0.717, 1.165) is 4.48 Å². The monoisotopic (exact) mass is 268 g/mol. The van der Waals surface area contributed by atoms with Crippen molar-refractivity contribution < 1.29 is 4.48 Å². The number of hydrogen-bond donors (Lipinski definition) is 0. The van der Waals surface area contributed by atoms with Crippen molar-refractivity contribution in [1.82, 2.24) is 0 Å². The summed E-state index contributed by atoms with van der Waals surface area (Å²) in [7, 11) is 4.66. The van der Waals surface area contributed by atoms with Crippen LogP contribution in [0.1, 0.15) is 84.5 Å². The summed E-state index contributed by atoms with van der Waals surface area (Å²) < 4.78 is 1.06. The normalized spacial score (nSPS) is 12.4. The summed E-state index contributed by atoms with van der Waals surface area (Å²) in [6.07, 6.45) is 19.9. The zero-order valence-corrected chi connectivity index (χ0v) is 14.1. The lowest BCUT2D eigenvalue weighted by molar-refractivity contribution is -0.839. The van der Waals surface area contributed by atoms with Gasteiger partial charge in [-0.3, -0.25) is 0 Å². The highest BCUT2D eigenvalue weighted by Crippen LogP contribution is 2.10. The van der Waals surface area contributed by atoms with Crippen LogP contribution in [-0.2, 0) is 0 Å².